The lowest BCUT2D eigenvalue weighted by Crippen LogP contribution is -2.47. The second-order valence-corrected chi connectivity index (χ2v) is 7.63. The summed E-state index contributed by atoms with van der Waals surface area (Å²) < 4.78 is 63.8. The first-order valence-electron chi connectivity index (χ1n) is 6.91. The molecule has 0 aliphatic heterocycles. The van der Waals surface area contributed by atoms with Crippen molar-refractivity contribution in [2.75, 3.05) is 25.0 Å². The zero-order valence-corrected chi connectivity index (χ0v) is 14.6. The molecule has 0 aliphatic carbocycles. The van der Waals surface area contributed by atoms with E-state index in [1.165, 1.54) is 0 Å². The Bertz CT molecular complexity index is 697. The van der Waals surface area contributed by atoms with E-state index in [0.29, 0.717) is 6.92 Å². The highest BCUT2D eigenvalue weighted by atomic mass is 35.5. The maximum atomic E-state index is 12.6. The lowest BCUT2D eigenvalue weighted by molar-refractivity contribution is -0.246. The van der Waals surface area contributed by atoms with Crippen molar-refractivity contribution in [3.63, 3.8) is 0 Å². The van der Waals surface area contributed by atoms with E-state index in [2.05, 4.69) is 5.32 Å². The van der Waals surface area contributed by atoms with Crippen LogP contribution < -0.4 is 10.0 Å². The van der Waals surface area contributed by atoms with Gasteiger partial charge >= 0.3 is 6.18 Å². The number of sulfonamides is 1. The molecule has 5 N–H and O–H groups in total. The normalized spacial score (nSPS) is 16.3. The van der Waals surface area contributed by atoms with Gasteiger partial charge < -0.3 is 20.6 Å². The van der Waals surface area contributed by atoms with Gasteiger partial charge in [0.2, 0.25) is 10.0 Å². The van der Waals surface area contributed by atoms with Crippen molar-refractivity contribution >= 4 is 27.3 Å². The molecule has 0 saturated heterocycles. The van der Waals surface area contributed by atoms with Gasteiger partial charge in [-0.2, -0.15) is 13.2 Å². The van der Waals surface area contributed by atoms with Crippen LogP contribution in [0.1, 0.15) is 6.92 Å². The molecule has 0 amide bonds. The SMILES string of the molecule is CC(O)(CNc1ccc(S(=O)(=O)NCC(O)CO)cc1Cl)C(F)(F)F. The molecule has 0 aliphatic rings. The zero-order chi connectivity index (χ0) is 19.5. The molecule has 0 bridgehead atoms. The predicted octanol–water partition coefficient (Wildman–Crippen LogP) is 0.697. The summed E-state index contributed by atoms with van der Waals surface area (Å²) >= 11 is 5.86. The molecule has 25 heavy (non-hydrogen) atoms. The summed E-state index contributed by atoms with van der Waals surface area (Å²) in [6.45, 7) is -1.36. The van der Waals surface area contributed by atoms with Gasteiger partial charge in [0, 0.05) is 6.54 Å². The van der Waals surface area contributed by atoms with E-state index >= 15 is 0 Å². The fraction of sp³-hybridized carbons (Fsp3) is 0.538. The van der Waals surface area contributed by atoms with Crippen molar-refractivity contribution < 1.29 is 36.9 Å². The summed E-state index contributed by atoms with van der Waals surface area (Å²) in [6, 6.07) is 3.23. The summed E-state index contributed by atoms with van der Waals surface area (Å²) in [7, 11) is -4.03. The summed E-state index contributed by atoms with van der Waals surface area (Å²) in [5.74, 6) is 0. The molecule has 2 unspecified atom stereocenters. The molecule has 0 heterocycles. The molecule has 7 nitrogen and oxygen atoms in total. The Morgan fingerprint density at radius 2 is 1.92 bits per heavy atom. The Hall–Kier alpha value is -1.11. The van der Waals surface area contributed by atoms with Crippen LogP contribution in [0.15, 0.2) is 23.1 Å². The van der Waals surface area contributed by atoms with E-state index in [1.807, 2.05) is 4.72 Å². The Kier molecular flexibility index (Phi) is 7.07. The number of anilines is 1. The molecule has 0 aromatic heterocycles. The minimum atomic E-state index is -4.85. The molecule has 2 atom stereocenters. The third-order valence-electron chi connectivity index (χ3n) is 3.20. The van der Waals surface area contributed by atoms with Crippen LogP contribution >= 0.6 is 11.6 Å². The topological polar surface area (TPSA) is 119 Å². The van der Waals surface area contributed by atoms with E-state index in [1.54, 1.807) is 0 Å². The van der Waals surface area contributed by atoms with E-state index in [0.717, 1.165) is 18.2 Å². The van der Waals surface area contributed by atoms with Gasteiger partial charge in [-0.15, -0.1) is 0 Å². The van der Waals surface area contributed by atoms with Gasteiger partial charge in [0.25, 0.3) is 0 Å². The summed E-state index contributed by atoms with van der Waals surface area (Å²) in [4.78, 5) is -0.282. The number of nitrogens with one attached hydrogen (secondary N) is 2. The first-order valence-corrected chi connectivity index (χ1v) is 8.77. The predicted molar refractivity (Wildman–Crippen MR) is 84.9 cm³/mol. The van der Waals surface area contributed by atoms with E-state index in [-0.39, 0.29) is 15.6 Å². The smallest absolute Gasteiger partial charge is 0.394 e. The van der Waals surface area contributed by atoms with Crippen molar-refractivity contribution in [3.8, 4) is 0 Å². The number of aliphatic hydroxyl groups excluding tert-OH is 2. The first-order chi connectivity index (χ1) is 11.3. The molecular weight excluding hydrogens is 389 g/mol. The fourth-order valence-corrected chi connectivity index (χ4v) is 2.94. The Balaban J connectivity index is 2.87. The Labute approximate surface area is 147 Å². The quantitative estimate of drug-likeness (QED) is 0.433. The maximum Gasteiger partial charge on any atom is 0.418 e. The molecule has 0 radical (unpaired) electrons. The van der Waals surface area contributed by atoms with Crippen molar-refractivity contribution in [1.82, 2.24) is 4.72 Å². The molecule has 0 saturated carbocycles. The van der Waals surface area contributed by atoms with Gasteiger partial charge in [0.05, 0.1) is 34.9 Å². The highest BCUT2D eigenvalue weighted by molar-refractivity contribution is 7.89. The first kappa shape index (κ1) is 21.9. The van der Waals surface area contributed by atoms with Crippen LogP contribution in [-0.4, -0.2) is 61.3 Å². The summed E-state index contributed by atoms with van der Waals surface area (Å²) in [6.07, 6.45) is -6.14. The second kappa shape index (κ2) is 8.06. The minimum absolute atomic E-state index is 0.000495. The highest BCUT2D eigenvalue weighted by Crippen LogP contribution is 2.31. The standard InChI is InChI=1S/C13H18ClF3N2O5S/c1-12(22,13(15,16)17)7-18-11-3-2-9(4-10(11)14)25(23,24)19-5-8(21)6-20/h2-4,8,18-22H,5-7H2,1H3. The summed E-state index contributed by atoms with van der Waals surface area (Å²) in [5, 5.41) is 29.3. The van der Waals surface area contributed by atoms with Crippen molar-refractivity contribution in [1.29, 1.82) is 0 Å². The Morgan fingerprint density at radius 1 is 1.32 bits per heavy atom. The van der Waals surface area contributed by atoms with Gasteiger partial charge in [-0.05, 0) is 25.1 Å². The van der Waals surface area contributed by atoms with E-state index in [4.69, 9.17) is 21.8 Å². The number of halogens is 4. The molecule has 1 rings (SSSR count). The van der Waals surface area contributed by atoms with E-state index in [9.17, 15) is 26.7 Å². The number of hydrogen-bond acceptors (Lipinski definition) is 6. The van der Waals surface area contributed by atoms with Gasteiger partial charge in [-0.25, -0.2) is 13.1 Å². The molecule has 12 heteroatoms. The van der Waals surface area contributed by atoms with Crippen LogP contribution in [0.3, 0.4) is 0 Å². The molecule has 0 spiro atoms. The molecule has 1 aromatic carbocycles. The monoisotopic (exact) mass is 406 g/mol. The molecule has 144 valence electrons. The van der Waals surface area contributed by atoms with Gasteiger partial charge in [-0.1, -0.05) is 11.6 Å². The van der Waals surface area contributed by atoms with Gasteiger partial charge in [-0.3, -0.25) is 0 Å². The fourth-order valence-electron chi connectivity index (χ4n) is 1.53. The number of hydrogen-bond donors (Lipinski definition) is 5. The zero-order valence-electron chi connectivity index (χ0n) is 13.0. The number of benzene rings is 1. The van der Waals surface area contributed by atoms with Gasteiger partial charge in [0.1, 0.15) is 0 Å². The third kappa shape index (κ3) is 5.97. The van der Waals surface area contributed by atoms with Crippen LogP contribution in [0.5, 0.6) is 0 Å². The van der Waals surface area contributed by atoms with Crippen LogP contribution in [0.2, 0.25) is 5.02 Å². The van der Waals surface area contributed by atoms with Crippen molar-refractivity contribution in [2.45, 2.75) is 29.7 Å². The number of aliphatic hydroxyl groups is 3. The van der Waals surface area contributed by atoms with E-state index < -0.39 is 47.6 Å². The van der Waals surface area contributed by atoms with Crippen LogP contribution in [0.4, 0.5) is 18.9 Å². The number of rotatable bonds is 8. The van der Waals surface area contributed by atoms with Crippen LogP contribution in [-0.2, 0) is 10.0 Å². The van der Waals surface area contributed by atoms with Gasteiger partial charge in [0.15, 0.2) is 5.60 Å². The molecule has 0 fully saturated rings. The second-order valence-electron chi connectivity index (χ2n) is 5.46. The van der Waals surface area contributed by atoms with Crippen LogP contribution in [0, 0.1) is 0 Å². The average Bonchev–Trinajstić information content (AvgIpc) is 2.50. The summed E-state index contributed by atoms with van der Waals surface area (Å²) in [5.41, 5.74) is -3.00. The van der Waals surface area contributed by atoms with Crippen molar-refractivity contribution in [3.05, 3.63) is 23.2 Å². The Morgan fingerprint density at radius 3 is 2.40 bits per heavy atom. The number of alkyl halides is 3. The third-order valence-corrected chi connectivity index (χ3v) is 4.94. The largest absolute Gasteiger partial charge is 0.418 e. The average molecular weight is 407 g/mol. The highest BCUT2D eigenvalue weighted by Gasteiger charge is 2.49. The lowest BCUT2D eigenvalue weighted by Gasteiger charge is -2.27. The molecular formula is C13H18ClF3N2O5S. The van der Waals surface area contributed by atoms with Crippen LogP contribution in [0.25, 0.3) is 0 Å². The molecule has 1 aromatic rings. The van der Waals surface area contributed by atoms with Crippen molar-refractivity contribution in [2.24, 2.45) is 0 Å². The lowest BCUT2D eigenvalue weighted by atomic mass is 10.1. The maximum absolute atomic E-state index is 12.6. The minimum Gasteiger partial charge on any atom is -0.394 e.